The van der Waals surface area contributed by atoms with E-state index in [-0.39, 0.29) is 12.5 Å². The molecule has 0 bridgehead atoms. The lowest BCUT2D eigenvalue weighted by atomic mass is 10.1. The number of fused-ring (bicyclic) bond motifs is 1. The Balaban J connectivity index is 1.64. The second kappa shape index (κ2) is 7.62. The van der Waals surface area contributed by atoms with Crippen LogP contribution in [-0.2, 0) is 16.0 Å². The summed E-state index contributed by atoms with van der Waals surface area (Å²) in [5.41, 5.74) is 2.29. The van der Waals surface area contributed by atoms with Crippen LogP contribution in [0.4, 0.5) is 5.69 Å². The van der Waals surface area contributed by atoms with E-state index in [2.05, 4.69) is 5.32 Å². The number of hydrogen-bond acceptors (Lipinski definition) is 3. The normalized spacial score (nSPS) is 10.4. The number of esters is 1. The summed E-state index contributed by atoms with van der Waals surface area (Å²) >= 11 is 0. The third-order valence-electron chi connectivity index (χ3n) is 3.96. The van der Waals surface area contributed by atoms with Crippen LogP contribution in [0.15, 0.2) is 66.7 Å². The summed E-state index contributed by atoms with van der Waals surface area (Å²) < 4.78 is 5.18. The molecule has 25 heavy (non-hydrogen) atoms. The minimum atomic E-state index is -0.505. The molecular formula is C21H19NO3. The van der Waals surface area contributed by atoms with Gasteiger partial charge in [0.25, 0.3) is 5.91 Å². The summed E-state index contributed by atoms with van der Waals surface area (Å²) in [5.74, 6) is -0.865. The molecule has 0 aromatic heterocycles. The zero-order chi connectivity index (χ0) is 17.6. The van der Waals surface area contributed by atoms with Gasteiger partial charge in [0.15, 0.2) is 6.61 Å². The summed E-state index contributed by atoms with van der Waals surface area (Å²) in [6, 6.07) is 20.6. The number of benzene rings is 3. The molecule has 0 fully saturated rings. The van der Waals surface area contributed by atoms with Crippen LogP contribution in [0.25, 0.3) is 10.8 Å². The summed E-state index contributed by atoms with van der Waals surface area (Å²) in [4.78, 5) is 24.3. The summed E-state index contributed by atoms with van der Waals surface area (Å²) in [5, 5.41) is 4.51. The Labute approximate surface area is 146 Å². The largest absolute Gasteiger partial charge is 0.452 e. The molecular weight excluding hydrogens is 314 g/mol. The first-order valence-electron chi connectivity index (χ1n) is 8.21. The summed E-state index contributed by atoms with van der Waals surface area (Å²) in [7, 11) is 0. The van der Waals surface area contributed by atoms with Gasteiger partial charge in [-0.2, -0.15) is 0 Å². The molecule has 126 valence electrons. The average Bonchev–Trinajstić information content (AvgIpc) is 2.65. The first-order valence-corrected chi connectivity index (χ1v) is 8.21. The van der Waals surface area contributed by atoms with Gasteiger partial charge >= 0.3 is 5.97 Å². The monoisotopic (exact) mass is 333 g/mol. The van der Waals surface area contributed by atoms with Crippen molar-refractivity contribution in [1.29, 1.82) is 0 Å². The molecule has 0 aliphatic carbocycles. The Hall–Kier alpha value is -3.14. The van der Waals surface area contributed by atoms with Gasteiger partial charge < -0.3 is 10.1 Å². The van der Waals surface area contributed by atoms with Gasteiger partial charge in [-0.25, -0.2) is 4.79 Å². The standard InChI is InChI=1S/C21H19NO3/c1-2-15-7-5-10-17(13-15)22-20(23)14-25-21(24)19-12-6-9-16-8-3-4-11-18(16)19/h3-13H,2,14H2,1H3,(H,22,23). The van der Waals surface area contributed by atoms with Crippen molar-refractivity contribution in [2.75, 3.05) is 11.9 Å². The van der Waals surface area contributed by atoms with E-state index in [1.807, 2.05) is 61.5 Å². The van der Waals surface area contributed by atoms with Crippen molar-refractivity contribution in [2.45, 2.75) is 13.3 Å². The highest BCUT2D eigenvalue weighted by molar-refractivity contribution is 6.05. The second-order valence-corrected chi connectivity index (χ2v) is 5.70. The number of anilines is 1. The highest BCUT2D eigenvalue weighted by Gasteiger charge is 2.13. The quantitative estimate of drug-likeness (QED) is 0.712. The number of amides is 1. The SMILES string of the molecule is CCc1cccc(NC(=O)COC(=O)c2cccc3ccccc23)c1. The van der Waals surface area contributed by atoms with Gasteiger partial charge in [0.1, 0.15) is 0 Å². The zero-order valence-electron chi connectivity index (χ0n) is 14.0. The number of nitrogens with one attached hydrogen (secondary N) is 1. The molecule has 0 heterocycles. The Morgan fingerprint density at radius 1 is 0.960 bits per heavy atom. The van der Waals surface area contributed by atoms with E-state index < -0.39 is 5.97 Å². The fourth-order valence-electron chi connectivity index (χ4n) is 2.68. The summed E-state index contributed by atoms with van der Waals surface area (Å²) in [6.07, 6.45) is 0.889. The fourth-order valence-corrected chi connectivity index (χ4v) is 2.68. The van der Waals surface area contributed by atoms with Crippen LogP contribution in [-0.4, -0.2) is 18.5 Å². The first-order chi connectivity index (χ1) is 12.2. The van der Waals surface area contributed by atoms with Crippen LogP contribution in [0.2, 0.25) is 0 Å². The Morgan fingerprint density at radius 2 is 1.72 bits per heavy atom. The lowest BCUT2D eigenvalue weighted by Crippen LogP contribution is -2.21. The molecule has 0 unspecified atom stereocenters. The van der Waals surface area contributed by atoms with Gasteiger partial charge in [-0.1, -0.05) is 55.5 Å². The van der Waals surface area contributed by atoms with Gasteiger partial charge in [0.05, 0.1) is 5.56 Å². The Morgan fingerprint density at radius 3 is 2.56 bits per heavy atom. The first kappa shape index (κ1) is 16.7. The number of ether oxygens (including phenoxy) is 1. The molecule has 4 heteroatoms. The molecule has 0 spiro atoms. The molecule has 0 atom stereocenters. The highest BCUT2D eigenvalue weighted by Crippen LogP contribution is 2.19. The van der Waals surface area contributed by atoms with Gasteiger partial charge in [0.2, 0.25) is 0 Å². The van der Waals surface area contributed by atoms with Crippen LogP contribution in [0, 0.1) is 0 Å². The maximum Gasteiger partial charge on any atom is 0.339 e. The molecule has 3 aromatic rings. The van der Waals surface area contributed by atoms with Crippen molar-refractivity contribution in [2.24, 2.45) is 0 Å². The second-order valence-electron chi connectivity index (χ2n) is 5.70. The maximum absolute atomic E-state index is 12.3. The number of aryl methyl sites for hydroxylation is 1. The number of hydrogen-bond donors (Lipinski definition) is 1. The van der Waals surface area contributed by atoms with Crippen LogP contribution in [0.1, 0.15) is 22.8 Å². The van der Waals surface area contributed by atoms with Crippen molar-refractivity contribution < 1.29 is 14.3 Å². The Kier molecular flexibility index (Phi) is 5.09. The van der Waals surface area contributed by atoms with E-state index in [0.29, 0.717) is 11.3 Å². The third kappa shape index (κ3) is 4.04. The molecule has 0 radical (unpaired) electrons. The van der Waals surface area contributed by atoms with E-state index >= 15 is 0 Å². The molecule has 3 aromatic carbocycles. The topological polar surface area (TPSA) is 55.4 Å². The zero-order valence-corrected chi connectivity index (χ0v) is 14.0. The number of carbonyl (C=O) groups is 2. The molecule has 3 rings (SSSR count). The molecule has 0 saturated heterocycles. The van der Waals surface area contributed by atoms with Crippen molar-refractivity contribution in [3.63, 3.8) is 0 Å². The van der Waals surface area contributed by atoms with Crippen LogP contribution in [0.3, 0.4) is 0 Å². The van der Waals surface area contributed by atoms with Gasteiger partial charge in [-0.05, 0) is 41.0 Å². The van der Waals surface area contributed by atoms with Gasteiger partial charge in [-0.3, -0.25) is 4.79 Å². The average molecular weight is 333 g/mol. The Bertz CT molecular complexity index is 912. The smallest absolute Gasteiger partial charge is 0.339 e. The predicted molar refractivity (Wildman–Crippen MR) is 98.7 cm³/mol. The van der Waals surface area contributed by atoms with Crippen molar-refractivity contribution >= 4 is 28.3 Å². The molecule has 0 aliphatic rings. The predicted octanol–water partition coefficient (Wildman–Crippen LogP) is 4.20. The minimum absolute atomic E-state index is 0.321. The van der Waals surface area contributed by atoms with Crippen molar-refractivity contribution in [3.05, 3.63) is 77.9 Å². The van der Waals surface area contributed by atoms with Crippen molar-refractivity contribution in [3.8, 4) is 0 Å². The molecule has 0 saturated carbocycles. The van der Waals surface area contributed by atoms with Crippen LogP contribution in [0.5, 0.6) is 0 Å². The van der Waals surface area contributed by atoms with E-state index in [4.69, 9.17) is 4.74 Å². The number of rotatable bonds is 5. The lowest BCUT2D eigenvalue weighted by molar-refractivity contribution is -0.119. The minimum Gasteiger partial charge on any atom is -0.452 e. The highest BCUT2D eigenvalue weighted by atomic mass is 16.5. The van der Waals surface area contributed by atoms with E-state index in [1.54, 1.807) is 12.1 Å². The van der Waals surface area contributed by atoms with Crippen LogP contribution < -0.4 is 5.32 Å². The summed E-state index contributed by atoms with van der Waals surface area (Å²) in [6.45, 7) is 1.73. The fraction of sp³-hybridized carbons (Fsp3) is 0.143. The van der Waals surface area contributed by atoms with Gasteiger partial charge in [0, 0.05) is 5.69 Å². The molecule has 0 aliphatic heterocycles. The van der Waals surface area contributed by atoms with E-state index in [1.165, 1.54) is 0 Å². The van der Waals surface area contributed by atoms with Crippen LogP contribution >= 0.6 is 0 Å². The molecule has 4 nitrogen and oxygen atoms in total. The lowest BCUT2D eigenvalue weighted by Gasteiger charge is -2.09. The molecule has 1 N–H and O–H groups in total. The molecule has 1 amide bonds. The maximum atomic E-state index is 12.3. The van der Waals surface area contributed by atoms with Crippen molar-refractivity contribution in [1.82, 2.24) is 0 Å². The van der Waals surface area contributed by atoms with E-state index in [0.717, 1.165) is 22.8 Å². The van der Waals surface area contributed by atoms with Gasteiger partial charge in [-0.15, -0.1) is 0 Å². The third-order valence-corrected chi connectivity index (χ3v) is 3.96. The number of carbonyl (C=O) groups excluding carboxylic acids is 2. The van der Waals surface area contributed by atoms with E-state index in [9.17, 15) is 9.59 Å².